The minimum atomic E-state index is 1.49. The molecule has 0 saturated heterocycles. The normalized spacial score (nSPS) is 16.9. The average Bonchev–Trinajstić information content (AvgIpc) is 1.94. The molecule has 0 N–H and O–H groups in total. The summed E-state index contributed by atoms with van der Waals surface area (Å²) in [4.78, 5) is 0. The SMILES string of the molecule is PN1C=CC=NN=N1. The Bertz CT molecular complexity index is 133. The van der Waals surface area contributed by atoms with Gasteiger partial charge in [-0.25, -0.2) is 4.78 Å². The quantitative estimate of drug-likeness (QED) is 0.448. The summed E-state index contributed by atoms with van der Waals surface area (Å²) < 4.78 is 1.49. The van der Waals surface area contributed by atoms with Gasteiger partial charge >= 0.3 is 0 Å². The molecule has 0 spiro atoms. The Hall–Kier alpha value is -0.760. The molecule has 1 aliphatic heterocycles. The molecule has 0 saturated carbocycles. The smallest absolute Gasteiger partial charge is 0.0529 e. The lowest BCUT2D eigenvalue weighted by atomic mass is 10.7. The van der Waals surface area contributed by atoms with E-state index in [0.717, 1.165) is 0 Å². The van der Waals surface area contributed by atoms with Gasteiger partial charge in [-0.15, -0.1) is 5.10 Å². The highest BCUT2D eigenvalue weighted by Gasteiger charge is 1.83. The molecule has 1 unspecified atom stereocenters. The van der Waals surface area contributed by atoms with E-state index in [-0.39, 0.29) is 0 Å². The summed E-state index contributed by atoms with van der Waals surface area (Å²) in [6.07, 6.45) is 5.03. The first-order chi connectivity index (χ1) is 3.89. The van der Waals surface area contributed by atoms with E-state index < -0.39 is 0 Å². The molecular formula is C3H5N4P. The summed E-state index contributed by atoms with van der Waals surface area (Å²) in [6.45, 7) is 0. The first kappa shape index (κ1) is 5.38. The molecule has 1 rings (SSSR count). The van der Waals surface area contributed by atoms with Crippen molar-refractivity contribution < 1.29 is 0 Å². The minimum Gasteiger partial charge on any atom is -0.239 e. The highest BCUT2D eigenvalue weighted by atomic mass is 31.0. The van der Waals surface area contributed by atoms with E-state index in [0.29, 0.717) is 0 Å². The van der Waals surface area contributed by atoms with Gasteiger partial charge in [0, 0.05) is 6.20 Å². The van der Waals surface area contributed by atoms with E-state index in [1.807, 2.05) is 0 Å². The molecule has 0 fully saturated rings. The van der Waals surface area contributed by atoms with E-state index >= 15 is 0 Å². The Labute approximate surface area is 49.2 Å². The van der Waals surface area contributed by atoms with Crippen molar-refractivity contribution in [3.05, 3.63) is 12.3 Å². The first-order valence-electron chi connectivity index (χ1n) is 2.04. The topological polar surface area (TPSA) is 40.3 Å². The van der Waals surface area contributed by atoms with Crippen LogP contribution in [0.4, 0.5) is 0 Å². The van der Waals surface area contributed by atoms with Crippen LogP contribution in [0.25, 0.3) is 0 Å². The van der Waals surface area contributed by atoms with E-state index in [2.05, 4.69) is 24.9 Å². The monoisotopic (exact) mass is 128 g/mol. The Balaban J connectivity index is 2.66. The van der Waals surface area contributed by atoms with Crippen molar-refractivity contribution in [3.8, 4) is 0 Å². The predicted octanol–water partition coefficient (Wildman–Crippen LogP) is 0.959. The molecule has 0 aromatic carbocycles. The van der Waals surface area contributed by atoms with Crippen LogP contribution in [0.2, 0.25) is 0 Å². The zero-order valence-electron chi connectivity index (χ0n) is 4.10. The van der Waals surface area contributed by atoms with Gasteiger partial charge in [-0.05, 0) is 25.9 Å². The Kier molecular flexibility index (Phi) is 1.70. The number of allylic oxidation sites excluding steroid dienone is 1. The van der Waals surface area contributed by atoms with Crippen molar-refractivity contribution in [1.29, 1.82) is 0 Å². The fourth-order valence-corrected chi connectivity index (χ4v) is 0.440. The minimum absolute atomic E-state index is 1.49. The standard InChI is InChI=1S/C3H5N4P/c8-7-3-1-2-4-5-6-7/h1-3H,8H2. The van der Waals surface area contributed by atoms with Crippen LogP contribution in [-0.4, -0.2) is 11.0 Å². The maximum absolute atomic E-state index is 3.56. The van der Waals surface area contributed by atoms with Crippen LogP contribution >= 0.6 is 9.39 Å². The molecule has 0 aromatic rings. The summed E-state index contributed by atoms with van der Waals surface area (Å²) in [5.41, 5.74) is 0. The third-order valence-electron chi connectivity index (χ3n) is 0.586. The van der Waals surface area contributed by atoms with Gasteiger partial charge in [0.2, 0.25) is 0 Å². The second-order valence-corrected chi connectivity index (χ2v) is 1.69. The molecule has 1 aliphatic rings. The van der Waals surface area contributed by atoms with E-state index in [1.54, 1.807) is 18.5 Å². The zero-order valence-corrected chi connectivity index (χ0v) is 5.25. The van der Waals surface area contributed by atoms with Crippen molar-refractivity contribution in [3.63, 3.8) is 0 Å². The second-order valence-electron chi connectivity index (χ2n) is 1.16. The van der Waals surface area contributed by atoms with Gasteiger partial charge in [0.15, 0.2) is 0 Å². The van der Waals surface area contributed by atoms with Gasteiger partial charge in [0.05, 0.1) is 6.21 Å². The summed E-state index contributed by atoms with van der Waals surface area (Å²) in [5.74, 6) is 0. The van der Waals surface area contributed by atoms with Crippen LogP contribution in [0.3, 0.4) is 0 Å². The fraction of sp³-hybridized carbons (Fsp3) is 0. The Morgan fingerprint density at radius 3 is 3.25 bits per heavy atom. The van der Waals surface area contributed by atoms with Crippen molar-refractivity contribution in [2.45, 2.75) is 0 Å². The highest BCUT2D eigenvalue weighted by molar-refractivity contribution is 7.13. The highest BCUT2D eigenvalue weighted by Crippen LogP contribution is 2.01. The maximum Gasteiger partial charge on any atom is 0.0529 e. The lowest BCUT2D eigenvalue weighted by Crippen LogP contribution is -1.85. The summed E-state index contributed by atoms with van der Waals surface area (Å²) >= 11 is 0. The number of rotatable bonds is 0. The molecular weight excluding hydrogens is 123 g/mol. The predicted molar refractivity (Wildman–Crippen MR) is 34.0 cm³/mol. The molecule has 0 aromatic heterocycles. The molecule has 1 atom stereocenters. The van der Waals surface area contributed by atoms with Crippen molar-refractivity contribution >= 4 is 15.6 Å². The van der Waals surface area contributed by atoms with Crippen molar-refractivity contribution in [1.82, 2.24) is 4.78 Å². The van der Waals surface area contributed by atoms with Gasteiger partial charge in [0.1, 0.15) is 0 Å². The molecule has 8 heavy (non-hydrogen) atoms. The van der Waals surface area contributed by atoms with Crippen molar-refractivity contribution in [2.75, 3.05) is 0 Å². The van der Waals surface area contributed by atoms with E-state index in [9.17, 15) is 0 Å². The summed E-state index contributed by atoms with van der Waals surface area (Å²) in [6, 6.07) is 0. The lowest BCUT2D eigenvalue weighted by Gasteiger charge is -1.97. The van der Waals surface area contributed by atoms with Crippen LogP contribution in [0, 0.1) is 0 Å². The molecule has 5 heteroatoms. The van der Waals surface area contributed by atoms with Gasteiger partial charge in [0.25, 0.3) is 0 Å². The second kappa shape index (κ2) is 2.52. The van der Waals surface area contributed by atoms with Gasteiger partial charge in [-0.3, -0.25) is 0 Å². The van der Waals surface area contributed by atoms with Crippen LogP contribution < -0.4 is 0 Å². The molecule has 0 amide bonds. The fourth-order valence-electron chi connectivity index (χ4n) is 0.294. The number of hydrogen-bond donors (Lipinski definition) is 0. The number of hydrogen-bond acceptors (Lipinski definition) is 4. The zero-order chi connectivity index (χ0) is 5.82. The Morgan fingerprint density at radius 1 is 1.50 bits per heavy atom. The molecule has 1 heterocycles. The maximum atomic E-state index is 3.56. The summed E-state index contributed by atoms with van der Waals surface area (Å²) in [5, 5.41) is 10.5. The third kappa shape index (κ3) is 1.39. The Morgan fingerprint density at radius 2 is 2.38 bits per heavy atom. The largest absolute Gasteiger partial charge is 0.239 e. The van der Waals surface area contributed by atoms with Crippen LogP contribution in [0.15, 0.2) is 27.8 Å². The average molecular weight is 128 g/mol. The molecule has 0 aliphatic carbocycles. The summed E-state index contributed by atoms with van der Waals surface area (Å²) in [7, 11) is 2.35. The first-order valence-corrected chi connectivity index (χ1v) is 2.56. The molecule has 0 radical (unpaired) electrons. The molecule has 4 nitrogen and oxygen atoms in total. The number of nitrogens with zero attached hydrogens (tertiary/aromatic N) is 4. The van der Waals surface area contributed by atoms with Gasteiger partial charge in [-0.2, -0.15) is 0 Å². The molecule has 42 valence electrons. The van der Waals surface area contributed by atoms with Gasteiger partial charge < -0.3 is 0 Å². The van der Waals surface area contributed by atoms with Gasteiger partial charge in [-0.1, -0.05) is 0 Å². The van der Waals surface area contributed by atoms with Crippen LogP contribution in [0.1, 0.15) is 0 Å². The van der Waals surface area contributed by atoms with E-state index in [1.165, 1.54) is 4.78 Å². The van der Waals surface area contributed by atoms with Crippen LogP contribution in [0.5, 0.6) is 0 Å². The van der Waals surface area contributed by atoms with Crippen molar-refractivity contribution in [2.24, 2.45) is 15.5 Å². The van der Waals surface area contributed by atoms with Crippen LogP contribution in [-0.2, 0) is 0 Å². The lowest BCUT2D eigenvalue weighted by molar-refractivity contribution is 0.611. The van der Waals surface area contributed by atoms with E-state index in [4.69, 9.17) is 0 Å². The third-order valence-corrected chi connectivity index (χ3v) is 0.862. The molecule has 0 bridgehead atoms.